The topological polar surface area (TPSA) is 84.3 Å². The molecular formula is C17H16N2O4. The summed E-state index contributed by atoms with van der Waals surface area (Å²) in [6, 6.07) is 13.4. The number of rotatable bonds is 5. The van der Waals surface area contributed by atoms with Crippen LogP contribution in [0.4, 0.5) is 0 Å². The molecule has 0 unspecified atom stereocenters. The van der Waals surface area contributed by atoms with Gasteiger partial charge in [0, 0.05) is 6.54 Å². The Labute approximate surface area is 131 Å². The van der Waals surface area contributed by atoms with Crippen molar-refractivity contribution in [2.45, 2.75) is 13.0 Å². The summed E-state index contributed by atoms with van der Waals surface area (Å²) in [5.74, 6) is -0.475. The Bertz CT molecular complexity index is 895. The third kappa shape index (κ3) is 3.26. The minimum absolute atomic E-state index is 0.0183. The Morgan fingerprint density at radius 1 is 1.17 bits per heavy atom. The van der Waals surface area contributed by atoms with Crippen molar-refractivity contribution in [3.8, 4) is 5.75 Å². The summed E-state index contributed by atoms with van der Waals surface area (Å²) in [6.45, 7) is 0.649. The van der Waals surface area contributed by atoms with Crippen LogP contribution in [-0.4, -0.2) is 27.2 Å². The van der Waals surface area contributed by atoms with E-state index in [4.69, 9.17) is 4.74 Å². The first-order valence-corrected chi connectivity index (χ1v) is 7.29. The number of aromatic amines is 1. The standard InChI is InChI=1S/C17H16N2O4/c20-13-6-3-5-12(11-13)16(21)23-10-4-9-19-15-8-2-1-7-14(15)18-17(19)22/h1-3,5-8,11,20H,4,9-10H2,(H,18,22). The molecule has 0 amide bonds. The fourth-order valence-corrected chi connectivity index (χ4v) is 2.43. The van der Waals surface area contributed by atoms with Crippen LogP contribution in [-0.2, 0) is 11.3 Å². The number of aromatic hydroxyl groups is 1. The van der Waals surface area contributed by atoms with Crippen LogP contribution in [0.1, 0.15) is 16.8 Å². The molecule has 6 nitrogen and oxygen atoms in total. The monoisotopic (exact) mass is 312 g/mol. The van der Waals surface area contributed by atoms with Gasteiger partial charge in [0.25, 0.3) is 0 Å². The zero-order chi connectivity index (χ0) is 16.2. The van der Waals surface area contributed by atoms with Crippen LogP contribution in [0.3, 0.4) is 0 Å². The van der Waals surface area contributed by atoms with Crippen LogP contribution >= 0.6 is 0 Å². The van der Waals surface area contributed by atoms with E-state index in [1.807, 2.05) is 24.3 Å². The van der Waals surface area contributed by atoms with Crippen LogP contribution in [0.25, 0.3) is 11.0 Å². The van der Waals surface area contributed by atoms with Crippen molar-refractivity contribution in [1.82, 2.24) is 9.55 Å². The van der Waals surface area contributed by atoms with Crippen molar-refractivity contribution in [3.05, 3.63) is 64.6 Å². The Morgan fingerprint density at radius 3 is 2.83 bits per heavy atom. The minimum Gasteiger partial charge on any atom is -0.508 e. The van der Waals surface area contributed by atoms with Crippen LogP contribution in [0.15, 0.2) is 53.3 Å². The van der Waals surface area contributed by atoms with Gasteiger partial charge >= 0.3 is 11.7 Å². The summed E-state index contributed by atoms with van der Waals surface area (Å²) in [5.41, 5.74) is 1.74. The lowest BCUT2D eigenvalue weighted by atomic mass is 10.2. The molecule has 0 atom stereocenters. The van der Waals surface area contributed by atoms with Gasteiger partial charge in [0.05, 0.1) is 23.2 Å². The number of esters is 1. The van der Waals surface area contributed by atoms with Gasteiger partial charge in [-0.3, -0.25) is 4.57 Å². The second-order valence-electron chi connectivity index (χ2n) is 5.14. The van der Waals surface area contributed by atoms with Gasteiger partial charge in [-0.05, 0) is 36.8 Å². The van der Waals surface area contributed by atoms with Crippen LogP contribution in [0, 0.1) is 0 Å². The SMILES string of the molecule is O=C(OCCCn1c(=O)[nH]c2ccccc21)c1cccc(O)c1. The molecule has 2 N–H and O–H groups in total. The van der Waals surface area contributed by atoms with Gasteiger partial charge in [0.2, 0.25) is 0 Å². The maximum absolute atomic E-state index is 11.9. The quantitative estimate of drug-likeness (QED) is 0.559. The molecule has 3 aromatic rings. The van der Waals surface area contributed by atoms with E-state index in [2.05, 4.69) is 4.98 Å². The third-order valence-corrected chi connectivity index (χ3v) is 3.52. The summed E-state index contributed by atoms with van der Waals surface area (Å²) >= 11 is 0. The van der Waals surface area contributed by atoms with Gasteiger partial charge in [0.1, 0.15) is 5.75 Å². The van der Waals surface area contributed by atoms with Gasteiger partial charge < -0.3 is 14.8 Å². The van der Waals surface area contributed by atoms with Crippen molar-refractivity contribution in [2.24, 2.45) is 0 Å². The molecular weight excluding hydrogens is 296 g/mol. The number of phenolic OH excluding ortho intramolecular Hbond substituents is 1. The predicted octanol–water partition coefficient (Wildman–Crippen LogP) is 2.28. The number of H-pyrrole nitrogens is 1. The molecule has 3 rings (SSSR count). The van der Waals surface area contributed by atoms with Crippen molar-refractivity contribution >= 4 is 17.0 Å². The van der Waals surface area contributed by atoms with Crippen LogP contribution in [0.2, 0.25) is 0 Å². The highest BCUT2D eigenvalue weighted by Crippen LogP contribution is 2.12. The third-order valence-electron chi connectivity index (χ3n) is 3.52. The number of hydrogen-bond donors (Lipinski definition) is 2. The van der Waals surface area contributed by atoms with Gasteiger partial charge in [-0.25, -0.2) is 9.59 Å². The maximum atomic E-state index is 11.9. The van der Waals surface area contributed by atoms with E-state index in [0.29, 0.717) is 18.5 Å². The average Bonchev–Trinajstić information content (AvgIpc) is 2.87. The number of aryl methyl sites for hydroxylation is 1. The lowest BCUT2D eigenvalue weighted by Gasteiger charge is -2.06. The maximum Gasteiger partial charge on any atom is 0.338 e. The minimum atomic E-state index is -0.493. The molecule has 23 heavy (non-hydrogen) atoms. The first kappa shape index (κ1) is 14.9. The number of aromatic nitrogens is 2. The van der Waals surface area contributed by atoms with Gasteiger partial charge in [-0.15, -0.1) is 0 Å². The molecule has 0 aliphatic carbocycles. The van der Waals surface area contributed by atoms with Gasteiger partial charge in [-0.2, -0.15) is 0 Å². The summed E-state index contributed by atoms with van der Waals surface area (Å²) in [6.07, 6.45) is 0.520. The Morgan fingerprint density at radius 2 is 2.00 bits per heavy atom. The first-order valence-electron chi connectivity index (χ1n) is 7.29. The van der Waals surface area contributed by atoms with E-state index >= 15 is 0 Å². The molecule has 1 aromatic heterocycles. The number of fused-ring (bicyclic) bond motifs is 1. The van der Waals surface area contributed by atoms with Gasteiger partial charge in [-0.1, -0.05) is 18.2 Å². The van der Waals surface area contributed by atoms with E-state index in [1.54, 1.807) is 16.7 Å². The number of phenols is 1. The number of carbonyl (C=O) groups is 1. The van der Waals surface area contributed by atoms with E-state index in [0.717, 1.165) is 11.0 Å². The molecule has 0 bridgehead atoms. The molecule has 0 aliphatic rings. The lowest BCUT2D eigenvalue weighted by molar-refractivity contribution is 0.0495. The van der Waals surface area contributed by atoms with Crippen molar-refractivity contribution in [1.29, 1.82) is 0 Å². The van der Waals surface area contributed by atoms with Crippen molar-refractivity contribution in [3.63, 3.8) is 0 Å². The fraction of sp³-hybridized carbons (Fsp3) is 0.176. The molecule has 0 saturated carbocycles. The highest BCUT2D eigenvalue weighted by atomic mass is 16.5. The number of imidazole rings is 1. The number of hydrogen-bond acceptors (Lipinski definition) is 4. The van der Waals surface area contributed by atoms with Crippen molar-refractivity contribution in [2.75, 3.05) is 6.61 Å². The second kappa shape index (κ2) is 6.39. The summed E-state index contributed by atoms with van der Waals surface area (Å²) in [5, 5.41) is 9.34. The number of carbonyl (C=O) groups excluding carboxylic acids is 1. The summed E-state index contributed by atoms with van der Waals surface area (Å²) in [4.78, 5) is 26.5. The molecule has 0 aliphatic heterocycles. The van der Waals surface area contributed by atoms with E-state index < -0.39 is 5.97 Å². The van der Waals surface area contributed by atoms with E-state index in [1.165, 1.54) is 12.1 Å². The predicted molar refractivity (Wildman–Crippen MR) is 85.6 cm³/mol. The van der Waals surface area contributed by atoms with E-state index in [9.17, 15) is 14.7 Å². The van der Waals surface area contributed by atoms with Crippen molar-refractivity contribution < 1.29 is 14.6 Å². The molecule has 0 radical (unpaired) electrons. The highest BCUT2D eigenvalue weighted by molar-refractivity contribution is 5.89. The van der Waals surface area contributed by atoms with Crippen LogP contribution in [0.5, 0.6) is 5.75 Å². The number of ether oxygens (including phenoxy) is 1. The molecule has 0 saturated heterocycles. The summed E-state index contributed by atoms with van der Waals surface area (Å²) in [7, 11) is 0. The average molecular weight is 312 g/mol. The Kier molecular flexibility index (Phi) is 4.14. The second-order valence-corrected chi connectivity index (χ2v) is 5.14. The molecule has 2 aromatic carbocycles. The Balaban J connectivity index is 1.58. The lowest BCUT2D eigenvalue weighted by Crippen LogP contribution is -2.18. The van der Waals surface area contributed by atoms with Crippen LogP contribution < -0.4 is 5.69 Å². The number of nitrogens with zero attached hydrogens (tertiary/aromatic N) is 1. The molecule has 0 fully saturated rings. The number of para-hydroxylation sites is 2. The molecule has 0 spiro atoms. The normalized spacial score (nSPS) is 10.8. The smallest absolute Gasteiger partial charge is 0.338 e. The Hall–Kier alpha value is -3.02. The zero-order valence-electron chi connectivity index (χ0n) is 12.4. The zero-order valence-corrected chi connectivity index (χ0v) is 12.4. The highest BCUT2D eigenvalue weighted by Gasteiger charge is 2.09. The molecule has 1 heterocycles. The fourth-order valence-electron chi connectivity index (χ4n) is 2.43. The number of benzene rings is 2. The van der Waals surface area contributed by atoms with E-state index in [-0.39, 0.29) is 18.0 Å². The largest absolute Gasteiger partial charge is 0.508 e. The number of nitrogens with one attached hydrogen (secondary N) is 1. The summed E-state index contributed by atoms with van der Waals surface area (Å²) < 4.78 is 6.78. The molecule has 118 valence electrons. The van der Waals surface area contributed by atoms with Gasteiger partial charge in [0.15, 0.2) is 0 Å². The molecule has 6 heteroatoms. The first-order chi connectivity index (χ1) is 11.1.